The van der Waals surface area contributed by atoms with Gasteiger partial charge in [-0.05, 0) is 68.2 Å². The number of ether oxygens (including phenoxy) is 1. The molecule has 7 atom stereocenters. The van der Waals surface area contributed by atoms with Crippen LogP contribution in [0.2, 0.25) is 0 Å². The van der Waals surface area contributed by atoms with Crippen molar-refractivity contribution in [2.24, 2.45) is 23.3 Å². The van der Waals surface area contributed by atoms with Crippen LogP contribution in [0.5, 0.6) is 5.75 Å². The molecule has 3 heterocycles. The number of carbonyl (C=O) groups is 6. The molecule has 278 valence electrons. The topological polar surface area (TPSA) is 235 Å². The number of aliphatic hydroxyl groups is 1. The Bertz CT molecular complexity index is 1340. The van der Waals surface area contributed by atoms with E-state index in [2.05, 4.69) is 21.3 Å². The number of primary amides is 2. The summed E-state index contributed by atoms with van der Waals surface area (Å²) < 4.78 is 5.78. The molecule has 15 nitrogen and oxygen atoms in total. The molecule has 1 unspecified atom stereocenters. The SMILES string of the molecule is CC[C@H](C)[C@H](NC(=O)[C@@H]1CCCN1C[C@H](O)[C@H]1Cc2ccc(cc2)OCCCCC(=O)NC(CC(N)=O)C(=O)N1)C(=O)N[C@H](C(N)=O)C(C)C. The van der Waals surface area contributed by atoms with Crippen molar-refractivity contribution in [2.45, 2.75) is 115 Å². The average Bonchev–Trinajstić information content (AvgIpc) is 3.52. The molecule has 6 amide bonds. The highest BCUT2D eigenvalue weighted by Crippen LogP contribution is 2.21. The Morgan fingerprint density at radius 2 is 1.70 bits per heavy atom. The van der Waals surface area contributed by atoms with Crippen LogP contribution in [0.1, 0.15) is 78.2 Å². The molecule has 4 rings (SSSR count). The second kappa shape index (κ2) is 19.2. The number of likely N-dealkylation sites (tertiary alicyclic amines) is 1. The van der Waals surface area contributed by atoms with Crippen molar-refractivity contribution >= 4 is 35.4 Å². The predicted molar refractivity (Wildman–Crippen MR) is 185 cm³/mol. The fourth-order valence-corrected chi connectivity index (χ4v) is 6.27. The minimum absolute atomic E-state index is 0.00830. The van der Waals surface area contributed by atoms with Crippen molar-refractivity contribution in [1.82, 2.24) is 26.2 Å². The first-order valence-corrected chi connectivity index (χ1v) is 17.6. The van der Waals surface area contributed by atoms with Gasteiger partial charge in [0.2, 0.25) is 35.4 Å². The summed E-state index contributed by atoms with van der Waals surface area (Å²) in [7, 11) is 0. The maximum atomic E-state index is 13.7. The van der Waals surface area contributed by atoms with E-state index in [4.69, 9.17) is 16.2 Å². The van der Waals surface area contributed by atoms with Gasteiger partial charge in [0, 0.05) is 13.0 Å². The summed E-state index contributed by atoms with van der Waals surface area (Å²) in [6, 6.07) is 2.68. The maximum absolute atomic E-state index is 13.7. The summed E-state index contributed by atoms with van der Waals surface area (Å²) in [4.78, 5) is 78.7. The number of rotatable bonds is 13. The summed E-state index contributed by atoms with van der Waals surface area (Å²) >= 11 is 0. The zero-order valence-corrected chi connectivity index (χ0v) is 29.6. The van der Waals surface area contributed by atoms with Gasteiger partial charge in [-0.15, -0.1) is 0 Å². The molecule has 0 aromatic heterocycles. The highest BCUT2D eigenvalue weighted by atomic mass is 16.5. The number of hydrogen-bond donors (Lipinski definition) is 7. The van der Waals surface area contributed by atoms with Gasteiger partial charge in [0.25, 0.3) is 0 Å². The number of β-amino-alcohol motifs (C(OH)–C–C–N with tert-alkyl or cyclic N) is 1. The normalized spacial score (nSPS) is 23.1. The van der Waals surface area contributed by atoms with Gasteiger partial charge in [0.05, 0.1) is 31.2 Å². The second-order valence-corrected chi connectivity index (χ2v) is 13.8. The molecule has 1 aromatic rings. The van der Waals surface area contributed by atoms with Gasteiger partial charge in [-0.2, -0.15) is 0 Å². The largest absolute Gasteiger partial charge is 0.494 e. The lowest BCUT2D eigenvalue weighted by Gasteiger charge is -2.33. The maximum Gasteiger partial charge on any atom is 0.243 e. The third-order valence-corrected chi connectivity index (χ3v) is 9.45. The quantitative estimate of drug-likeness (QED) is 0.142. The van der Waals surface area contributed by atoms with Gasteiger partial charge in [-0.25, -0.2) is 0 Å². The summed E-state index contributed by atoms with van der Waals surface area (Å²) in [5, 5.41) is 22.6. The van der Waals surface area contributed by atoms with Crippen LogP contribution in [0.3, 0.4) is 0 Å². The molecule has 1 saturated heterocycles. The summed E-state index contributed by atoms with van der Waals surface area (Å²) in [6.45, 7) is 8.16. The van der Waals surface area contributed by atoms with Crippen LogP contribution in [0.15, 0.2) is 24.3 Å². The molecule has 0 radical (unpaired) electrons. The fraction of sp³-hybridized carbons (Fsp3) is 0.657. The Labute approximate surface area is 294 Å². The minimum atomic E-state index is -1.24. The number of amides is 6. The number of nitrogens with zero attached hydrogens (tertiary/aromatic N) is 1. The van der Waals surface area contributed by atoms with E-state index in [0.717, 1.165) is 5.56 Å². The lowest BCUT2D eigenvalue weighted by molar-refractivity contribution is -0.134. The number of nitrogens with one attached hydrogen (secondary N) is 4. The molecule has 50 heavy (non-hydrogen) atoms. The number of fused-ring (bicyclic) bond motifs is 13. The number of aliphatic hydroxyl groups excluding tert-OH is 1. The summed E-state index contributed by atoms with van der Waals surface area (Å²) in [6.07, 6.45) is 1.57. The van der Waals surface area contributed by atoms with Gasteiger partial charge >= 0.3 is 0 Å². The van der Waals surface area contributed by atoms with Crippen LogP contribution in [0.25, 0.3) is 0 Å². The summed E-state index contributed by atoms with van der Waals surface area (Å²) in [5.41, 5.74) is 11.7. The Morgan fingerprint density at radius 1 is 1.00 bits per heavy atom. The van der Waals surface area contributed by atoms with Gasteiger partial charge in [-0.1, -0.05) is 46.2 Å². The van der Waals surface area contributed by atoms with E-state index in [1.165, 1.54) is 0 Å². The van der Waals surface area contributed by atoms with E-state index in [0.29, 0.717) is 51.0 Å². The molecule has 1 fully saturated rings. The fourth-order valence-electron chi connectivity index (χ4n) is 6.27. The van der Waals surface area contributed by atoms with E-state index in [1.807, 2.05) is 30.9 Å². The lowest BCUT2D eigenvalue weighted by atomic mass is 9.96. The average molecular weight is 702 g/mol. The molecule has 0 spiro atoms. The van der Waals surface area contributed by atoms with Crippen molar-refractivity contribution in [3.05, 3.63) is 29.8 Å². The minimum Gasteiger partial charge on any atom is -0.494 e. The molecule has 3 aliphatic rings. The number of nitrogens with two attached hydrogens (primary N) is 2. The zero-order chi connectivity index (χ0) is 37.0. The van der Waals surface area contributed by atoms with Gasteiger partial charge in [0.1, 0.15) is 23.9 Å². The van der Waals surface area contributed by atoms with Crippen LogP contribution < -0.4 is 37.5 Å². The third kappa shape index (κ3) is 12.0. The lowest BCUT2D eigenvalue weighted by Crippen LogP contribution is -2.59. The number of benzene rings is 1. The van der Waals surface area contributed by atoms with Crippen LogP contribution >= 0.6 is 0 Å². The molecule has 0 saturated carbocycles. The van der Waals surface area contributed by atoms with Crippen LogP contribution in [-0.4, -0.2) is 101 Å². The number of carbonyl (C=O) groups excluding carboxylic acids is 6. The van der Waals surface area contributed by atoms with Crippen molar-refractivity contribution in [3.8, 4) is 5.75 Å². The second-order valence-electron chi connectivity index (χ2n) is 13.8. The molecule has 0 aliphatic carbocycles. The number of hydrogen-bond acceptors (Lipinski definition) is 9. The molecular weight excluding hydrogens is 646 g/mol. The van der Waals surface area contributed by atoms with Crippen molar-refractivity contribution in [1.29, 1.82) is 0 Å². The van der Waals surface area contributed by atoms with Crippen molar-refractivity contribution in [2.75, 3.05) is 19.7 Å². The van der Waals surface area contributed by atoms with Crippen LogP contribution in [0, 0.1) is 11.8 Å². The van der Waals surface area contributed by atoms with E-state index in [-0.39, 0.29) is 31.2 Å². The van der Waals surface area contributed by atoms with E-state index in [1.54, 1.807) is 26.0 Å². The molecule has 1 aromatic carbocycles. The predicted octanol–water partition coefficient (Wildman–Crippen LogP) is -0.381. The Hall–Kier alpha value is -4.24. The monoisotopic (exact) mass is 701 g/mol. The van der Waals surface area contributed by atoms with Gasteiger partial charge in [0.15, 0.2) is 0 Å². The van der Waals surface area contributed by atoms with E-state index in [9.17, 15) is 33.9 Å². The summed E-state index contributed by atoms with van der Waals surface area (Å²) in [5.74, 6) is -3.26. The first-order chi connectivity index (χ1) is 23.7. The van der Waals surface area contributed by atoms with Gasteiger partial charge < -0.3 is 42.6 Å². The Kier molecular flexibility index (Phi) is 15.5. The molecule has 9 N–H and O–H groups in total. The first kappa shape index (κ1) is 40.2. The molecule has 2 bridgehead atoms. The molecular formula is C35H55N7O8. The van der Waals surface area contributed by atoms with Gasteiger partial charge in [-0.3, -0.25) is 33.7 Å². The molecule has 3 aliphatic heterocycles. The smallest absolute Gasteiger partial charge is 0.243 e. The van der Waals surface area contributed by atoms with E-state index < -0.39 is 78.2 Å². The highest BCUT2D eigenvalue weighted by Gasteiger charge is 2.38. The van der Waals surface area contributed by atoms with Crippen molar-refractivity contribution in [3.63, 3.8) is 0 Å². The Morgan fingerprint density at radius 3 is 2.32 bits per heavy atom. The standard InChI is InChI=1S/C35H55N7O8/c1-5-21(4)31(35(49)40-30(20(2)3)32(37)46)41-34(48)26-9-8-15-42(26)19-27(43)24-17-22-11-13-23(14-12-22)50-16-7-6-10-29(45)38-25(18-28(36)44)33(47)39-24/h11-14,20-21,24-27,30-31,43H,5-10,15-19H2,1-4H3,(H2,36,44)(H2,37,46)(H,38,45)(H,39,47)(H,40,49)(H,41,48)/t21-,24+,25?,26-,27-,30-,31-/m0/s1. The molecule has 15 heteroatoms. The van der Waals surface area contributed by atoms with Crippen molar-refractivity contribution < 1.29 is 38.6 Å². The van der Waals surface area contributed by atoms with E-state index >= 15 is 0 Å². The highest BCUT2D eigenvalue weighted by molar-refractivity contribution is 5.93. The van der Waals surface area contributed by atoms with Crippen LogP contribution in [0.4, 0.5) is 0 Å². The van der Waals surface area contributed by atoms with Crippen LogP contribution in [-0.2, 0) is 35.2 Å². The first-order valence-electron chi connectivity index (χ1n) is 17.6. The Balaban J connectivity index is 1.81. The third-order valence-electron chi connectivity index (χ3n) is 9.45. The zero-order valence-electron chi connectivity index (χ0n) is 29.6.